The number of hydrogen-bond acceptors (Lipinski definition) is 4. The molecule has 0 saturated heterocycles. The van der Waals surface area contributed by atoms with Gasteiger partial charge in [-0.15, -0.1) is 11.8 Å². The Morgan fingerprint density at radius 1 is 1.30 bits per heavy atom. The van der Waals surface area contributed by atoms with Crippen molar-refractivity contribution in [2.24, 2.45) is 7.05 Å². The van der Waals surface area contributed by atoms with Gasteiger partial charge in [0.15, 0.2) is 0 Å². The fourth-order valence-corrected chi connectivity index (χ4v) is 3.55. The third-order valence-corrected chi connectivity index (χ3v) is 4.60. The van der Waals surface area contributed by atoms with Crippen molar-refractivity contribution in [3.05, 3.63) is 47.7 Å². The summed E-state index contributed by atoms with van der Waals surface area (Å²) in [4.78, 5) is 12.6. The molecule has 0 atom stereocenters. The molecule has 0 fully saturated rings. The lowest BCUT2D eigenvalue weighted by Gasteiger charge is -2.06. The molecule has 0 aliphatic rings. The smallest absolute Gasteiger partial charge is 0.340 e. The number of benzene rings is 2. The van der Waals surface area contributed by atoms with E-state index in [2.05, 4.69) is 6.07 Å². The van der Waals surface area contributed by atoms with E-state index in [0.717, 1.165) is 27.4 Å². The Morgan fingerprint density at radius 2 is 2.09 bits per heavy atom. The number of carbonyl (C=O) groups is 1. The number of thioether (sulfide) groups is 1. The van der Waals surface area contributed by atoms with Crippen LogP contribution < -0.4 is 0 Å². The number of aromatic nitrogens is 1. The number of carbonyl (C=O) groups excluding carboxylic acids is 1. The monoisotopic (exact) mass is 326 g/mol. The quantitative estimate of drug-likeness (QED) is 0.431. The van der Waals surface area contributed by atoms with Crippen molar-refractivity contribution in [1.29, 1.82) is 5.41 Å². The molecule has 3 aromatic rings. The third kappa shape index (κ3) is 2.61. The molecule has 0 radical (unpaired) electrons. The molecule has 3 rings (SSSR count). The predicted molar refractivity (Wildman–Crippen MR) is 96.5 cm³/mol. The summed E-state index contributed by atoms with van der Waals surface area (Å²) in [6.45, 7) is 2.16. The van der Waals surface area contributed by atoms with E-state index in [-0.39, 0.29) is 5.97 Å². The molecule has 0 unspecified atom stereocenters. The van der Waals surface area contributed by atoms with Crippen LogP contribution in [0.15, 0.2) is 36.4 Å². The second kappa shape index (κ2) is 6.46. The molecule has 0 spiro atoms. The van der Waals surface area contributed by atoms with Crippen molar-refractivity contribution in [3.8, 4) is 0 Å². The maximum absolute atomic E-state index is 12.6. The Labute approximate surface area is 138 Å². The van der Waals surface area contributed by atoms with Crippen molar-refractivity contribution in [3.63, 3.8) is 0 Å². The van der Waals surface area contributed by atoms with Crippen LogP contribution in [0.25, 0.3) is 21.7 Å². The highest BCUT2D eigenvalue weighted by Gasteiger charge is 2.23. The number of aryl methyl sites for hydroxylation is 1. The van der Waals surface area contributed by atoms with Crippen LogP contribution in [-0.2, 0) is 17.5 Å². The van der Waals surface area contributed by atoms with Gasteiger partial charge in [0.25, 0.3) is 0 Å². The van der Waals surface area contributed by atoms with Crippen LogP contribution >= 0.6 is 11.8 Å². The van der Waals surface area contributed by atoms with Gasteiger partial charge in [0.2, 0.25) is 0 Å². The first-order valence-electron chi connectivity index (χ1n) is 7.45. The number of ether oxygens (including phenoxy) is 1. The van der Waals surface area contributed by atoms with E-state index in [4.69, 9.17) is 10.1 Å². The molecule has 0 aliphatic carbocycles. The van der Waals surface area contributed by atoms with Crippen molar-refractivity contribution in [1.82, 2.24) is 4.57 Å². The molecule has 0 saturated carbocycles. The summed E-state index contributed by atoms with van der Waals surface area (Å²) in [5.74, 6) is 0.270. The van der Waals surface area contributed by atoms with Crippen LogP contribution in [-0.4, -0.2) is 22.7 Å². The summed E-state index contributed by atoms with van der Waals surface area (Å²) in [6, 6.07) is 12.2. The van der Waals surface area contributed by atoms with Crippen LogP contribution in [0, 0.1) is 5.41 Å². The molecule has 0 amide bonds. The van der Waals surface area contributed by atoms with Gasteiger partial charge in [-0.3, -0.25) is 0 Å². The number of nitrogens with one attached hydrogen (secondary N) is 1. The molecule has 0 bridgehead atoms. The van der Waals surface area contributed by atoms with E-state index >= 15 is 0 Å². The summed E-state index contributed by atoms with van der Waals surface area (Å²) in [5.41, 5.74) is 3.82. The summed E-state index contributed by atoms with van der Waals surface area (Å²) >= 11 is 1.36. The summed E-state index contributed by atoms with van der Waals surface area (Å²) in [6.07, 6.45) is 0. The van der Waals surface area contributed by atoms with Gasteiger partial charge in [0.05, 0.1) is 17.7 Å². The highest BCUT2D eigenvalue weighted by atomic mass is 32.2. The van der Waals surface area contributed by atoms with E-state index in [1.165, 1.54) is 17.3 Å². The van der Waals surface area contributed by atoms with Crippen LogP contribution in [0.1, 0.15) is 23.0 Å². The normalized spacial score (nSPS) is 11.0. The van der Waals surface area contributed by atoms with E-state index in [1.807, 2.05) is 48.9 Å². The maximum atomic E-state index is 12.6. The van der Waals surface area contributed by atoms with Crippen LogP contribution in [0.5, 0.6) is 0 Å². The fraction of sp³-hybridized carbons (Fsp3) is 0.222. The topological polar surface area (TPSA) is 55.1 Å². The highest BCUT2D eigenvalue weighted by Crippen LogP contribution is 2.34. The molecule has 23 heavy (non-hydrogen) atoms. The Kier molecular flexibility index (Phi) is 4.39. The van der Waals surface area contributed by atoms with Gasteiger partial charge in [-0.25, -0.2) is 4.79 Å². The van der Waals surface area contributed by atoms with E-state index in [9.17, 15) is 4.79 Å². The van der Waals surface area contributed by atoms with Gasteiger partial charge in [-0.05, 0) is 23.8 Å². The Bertz CT molecular complexity index is 899. The minimum Gasteiger partial charge on any atom is -0.462 e. The van der Waals surface area contributed by atoms with Crippen molar-refractivity contribution < 1.29 is 9.53 Å². The van der Waals surface area contributed by atoms with Crippen LogP contribution in [0.4, 0.5) is 0 Å². The van der Waals surface area contributed by atoms with Gasteiger partial charge in [-0.2, -0.15) is 0 Å². The van der Waals surface area contributed by atoms with Gasteiger partial charge in [0, 0.05) is 29.4 Å². The molecule has 4 nitrogen and oxygen atoms in total. The van der Waals surface area contributed by atoms with E-state index < -0.39 is 0 Å². The Morgan fingerprint density at radius 3 is 2.83 bits per heavy atom. The van der Waals surface area contributed by atoms with Crippen LogP contribution in [0.2, 0.25) is 0 Å². The molecule has 5 heteroatoms. The maximum Gasteiger partial charge on any atom is 0.340 e. The van der Waals surface area contributed by atoms with Crippen LogP contribution in [0.3, 0.4) is 0 Å². The van der Waals surface area contributed by atoms with Gasteiger partial charge in [0.1, 0.15) is 0 Å². The first-order valence-corrected chi connectivity index (χ1v) is 8.50. The lowest BCUT2D eigenvalue weighted by Crippen LogP contribution is -2.08. The number of fused-ring (bicyclic) bond motifs is 3. The number of rotatable bonds is 5. The molecular weight excluding hydrogens is 308 g/mol. The minimum absolute atomic E-state index is 0.296. The lowest BCUT2D eigenvalue weighted by molar-refractivity contribution is 0.0527. The average molecular weight is 326 g/mol. The molecule has 2 aromatic carbocycles. The van der Waals surface area contributed by atoms with Crippen molar-refractivity contribution >= 4 is 45.0 Å². The van der Waals surface area contributed by atoms with Crippen molar-refractivity contribution in [2.45, 2.75) is 12.7 Å². The Balaban J connectivity index is 2.38. The molecule has 1 N–H and O–H groups in total. The number of hydrogen-bond donors (Lipinski definition) is 1. The SMILES string of the molecule is CCOC(=O)c1c(CSC=N)n(C)c2ccc3ccccc3c12. The first-order chi connectivity index (χ1) is 11.2. The van der Waals surface area contributed by atoms with E-state index in [1.54, 1.807) is 0 Å². The lowest BCUT2D eigenvalue weighted by atomic mass is 10.0. The number of esters is 1. The zero-order valence-electron chi connectivity index (χ0n) is 13.1. The third-order valence-electron chi connectivity index (χ3n) is 3.99. The van der Waals surface area contributed by atoms with Gasteiger partial charge < -0.3 is 14.7 Å². The number of nitrogens with zero attached hydrogens (tertiary/aromatic N) is 1. The summed E-state index contributed by atoms with van der Waals surface area (Å²) < 4.78 is 7.33. The summed E-state index contributed by atoms with van der Waals surface area (Å²) in [5, 5.41) is 10.3. The standard InChI is InChI=1S/C18H18N2O2S/c1-3-22-18(21)17-15(10-23-11-19)20(2)14-9-8-12-6-4-5-7-13(12)16(14)17/h4-9,11,19H,3,10H2,1-2H3. The second-order valence-corrected chi connectivity index (χ2v) is 6.07. The average Bonchev–Trinajstić information content (AvgIpc) is 2.86. The molecule has 1 heterocycles. The second-order valence-electron chi connectivity index (χ2n) is 5.21. The molecular formula is C18H18N2O2S. The Hall–Kier alpha value is -2.27. The largest absolute Gasteiger partial charge is 0.462 e. The molecule has 0 aliphatic heterocycles. The van der Waals surface area contributed by atoms with Gasteiger partial charge >= 0.3 is 5.97 Å². The zero-order chi connectivity index (χ0) is 16.4. The summed E-state index contributed by atoms with van der Waals surface area (Å²) in [7, 11) is 1.96. The van der Waals surface area contributed by atoms with Crippen molar-refractivity contribution in [2.75, 3.05) is 6.61 Å². The fourth-order valence-electron chi connectivity index (χ4n) is 2.97. The van der Waals surface area contributed by atoms with E-state index in [0.29, 0.717) is 17.9 Å². The predicted octanol–water partition coefficient (Wildman–Crippen LogP) is 4.35. The molecule has 1 aromatic heterocycles. The molecule has 118 valence electrons. The van der Waals surface area contributed by atoms with Gasteiger partial charge in [-0.1, -0.05) is 30.3 Å². The first kappa shape index (κ1) is 15.6. The minimum atomic E-state index is -0.296. The highest BCUT2D eigenvalue weighted by molar-refractivity contribution is 8.11. The zero-order valence-corrected chi connectivity index (χ0v) is 13.9.